The molecule has 0 spiro atoms. The van der Waals surface area contributed by atoms with E-state index in [1.807, 2.05) is 91.0 Å². The van der Waals surface area contributed by atoms with Crippen molar-refractivity contribution in [3.63, 3.8) is 0 Å². The van der Waals surface area contributed by atoms with Crippen molar-refractivity contribution in [1.82, 2.24) is 15.0 Å². The molecule has 0 saturated carbocycles. The zero-order valence-corrected chi connectivity index (χ0v) is 30.6. The van der Waals surface area contributed by atoms with E-state index in [0.717, 1.165) is 116 Å². The Hall–Kier alpha value is -8.03. The van der Waals surface area contributed by atoms with Crippen LogP contribution in [0.4, 0.5) is 0 Å². The van der Waals surface area contributed by atoms with Crippen LogP contribution in [0, 0.1) is 0 Å². The number of para-hydroxylation sites is 2. The van der Waals surface area contributed by atoms with Gasteiger partial charge in [0.05, 0.1) is 0 Å². The average molecular weight is 746 g/mol. The van der Waals surface area contributed by atoms with Gasteiger partial charge in [-0.15, -0.1) is 0 Å². The third-order valence-corrected chi connectivity index (χ3v) is 11.3. The molecule has 0 aliphatic heterocycles. The molecule has 7 nitrogen and oxygen atoms in total. The summed E-state index contributed by atoms with van der Waals surface area (Å²) >= 11 is 0. The van der Waals surface area contributed by atoms with Gasteiger partial charge in [-0.3, -0.25) is 0 Å². The van der Waals surface area contributed by atoms with Crippen molar-refractivity contribution in [1.29, 1.82) is 0 Å². The van der Waals surface area contributed by atoms with Crippen molar-refractivity contribution in [2.45, 2.75) is 0 Å². The molecule has 8 aromatic carbocycles. The third kappa shape index (κ3) is 4.71. The Morgan fingerprint density at radius 3 is 1.09 bits per heavy atom. The van der Waals surface area contributed by atoms with Crippen molar-refractivity contribution in [2.24, 2.45) is 0 Å². The summed E-state index contributed by atoms with van der Waals surface area (Å²) in [4.78, 5) is 15.3. The number of rotatable bonds is 4. The smallest absolute Gasteiger partial charge is 0.164 e. The topological polar surface area (TPSA) is 91.2 Å². The van der Waals surface area contributed by atoms with E-state index >= 15 is 0 Å². The van der Waals surface area contributed by atoms with Crippen molar-refractivity contribution in [2.75, 3.05) is 0 Å². The van der Waals surface area contributed by atoms with Gasteiger partial charge in [0, 0.05) is 59.8 Å². The first kappa shape index (κ1) is 31.2. The molecular weight excluding hydrogens is 719 g/mol. The number of nitrogens with zero attached hydrogens (tertiary/aromatic N) is 3. The normalized spacial score (nSPS) is 12.1. The second-order valence-corrected chi connectivity index (χ2v) is 14.8. The molecule has 0 amide bonds. The Kier molecular flexibility index (Phi) is 6.32. The summed E-state index contributed by atoms with van der Waals surface area (Å²) in [6.07, 6.45) is 0. The second-order valence-electron chi connectivity index (χ2n) is 14.8. The molecule has 13 aromatic rings. The van der Waals surface area contributed by atoms with E-state index in [2.05, 4.69) is 72.8 Å². The van der Waals surface area contributed by atoms with E-state index in [1.165, 1.54) is 0 Å². The fraction of sp³-hybridized carbons (Fsp3) is 0. The van der Waals surface area contributed by atoms with Crippen LogP contribution >= 0.6 is 0 Å². The van der Waals surface area contributed by atoms with Crippen LogP contribution in [-0.4, -0.2) is 15.0 Å². The molecular formula is C51H27N3O4. The maximum absolute atomic E-state index is 6.53. The lowest BCUT2D eigenvalue weighted by atomic mass is 10.0. The summed E-state index contributed by atoms with van der Waals surface area (Å²) in [7, 11) is 0. The fourth-order valence-electron chi connectivity index (χ4n) is 8.50. The minimum atomic E-state index is 0.532. The van der Waals surface area contributed by atoms with Gasteiger partial charge < -0.3 is 17.7 Å². The molecule has 5 aromatic heterocycles. The molecule has 270 valence electrons. The summed E-state index contributed by atoms with van der Waals surface area (Å²) in [6.45, 7) is 0. The minimum Gasteiger partial charge on any atom is -0.456 e. The summed E-state index contributed by atoms with van der Waals surface area (Å²) < 4.78 is 25.5. The number of hydrogen-bond donors (Lipinski definition) is 0. The molecule has 7 heteroatoms. The van der Waals surface area contributed by atoms with Crippen molar-refractivity contribution >= 4 is 87.8 Å². The highest BCUT2D eigenvalue weighted by atomic mass is 16.3. The van der Waals surface area contributed by atoms with Crippen LogP contribution in [0.5, 0.6) is 0 Å². The van der Waals surface area contributed by atoms with E-state index < -0.39 is 0 Å². The van der Waals surface area contributed by atoms with Gasteiger partial charge in [-0.25, -0.2) is 15.0 Å². The molecule has 0 fully saturated rings. The number of fused-ring (bicyclic) bond motifs is 12. The molecule has 5 heterocycles. The molecule has 0 unspecified atom stereocenters. The first-order valence-electron chi connectivity index (χ1n) is 19.1. The van der Waals surface area contributed by atoms with Gasteiger partial charge in [0.2, 0.25) is 0 Å². The Bertz CT molecular complexity index is 3610. The monoisotopic (exact) mass is 745 g/mol. The first-order chi connectivity index (χ1) is 28.7. The van der Waals surface area contributed by atoms with Crippen LogP contribution in [0.3, 0.4) is 0 Å². The van der Waals surface area contributed by atoms with Gasteiger partial charge >= 0.3 is 0 Å². The van der Waals surface area contributed by atoms with Crippen LogP contribution in [0.2, 0.25) is 0 Å². The first-order valence-corrected chi connectivity index (χ1v) is 19.1. The zero-order valence-electron chi connectivity index (χ0n) is 30.6. The standard InChI is InChI=1S/C51H27N3O4/c1-2-9-28(10-3-1)29-11-8-12-30(21-29)49-52-50(31-17-19-35-39-26-45-37(24-47(39)57-43(35)22-31)33-13-4-6-15-41(33)55-45)54-51(53-49)32-18-20-36-40-27-46-38(25-48(40)58-44(36)23-32)34-14-5-7-16-42(34)56-46/h1-27H. The van der Waals surface area contributed by atoms with Crippen LogP contribution in [0.15, 0.2) is 181 Å². The number of furan rings is 4. The van der Waals surface area contributed by atoms with E-state index in [4.69, 9.17) is 32.6 Å². The molecule has 0 radical (unpaired) electrons. The Balaban J connectivity index is 0.974. The summed E-state index contributed by atoms with van der Waals surface area (Å²) in [6, 6.07) is 55.3. The van der Waals surface area contributed by atoms with E-state index in [1.54, 1.807) is 0 Å². The second kappa shape index (κ2) is 11.7. The number of benzene rings is 8. The molecule has 0 bridgehead atoms. The molecule has 0 saturated heterocycles. The van der Waals surface area contributed by atoms with Crippen LogP contribution in [-0.2, 0) is 0 Å². The van der Waals surface area contributed by atoms with E-state index in [9.17, 15) is 0 Å². The lowest BCUT2D eigenvalue weighted by molar-refractivity contribution is 0.664. The highest BCUT2D eigenvalue weighted by Gasteiger charge is 2.19. The molecule has 13 rings (SSSR count). The Morgan fingerprint density at radius 1 is 0.224 bits per heavy atom. The predicted molar refractivity (Wildman–Crippen MR) is 231 cm³/mol. The highest BCUT2D eigenvalue weighted by Crippen LogP contribution is 2.40. The van der Waals surface area contributed by atoms with Gasteiger partial charge in [0.1, 0.15) is 44.7 Å². The molecule has 0 atom stereocenters. The SMILES string of the molecule is c1ccc(-c2cccc(-c3nc(-c4ccc5c(c4)oc4cc6c(cc45)oc4ccccc46)nc(-c4ccc5c(c4)oc4cc6c(cc45)oc4ccccc46)n3)c2)cc1. The summed E-state index contributed by atoms with van der Waals surface area (Å²) in [5, 5.41) is 8.12. The molecule has 0 aliphatic rings. The predicted octanol–water partition coefficient (Wildman–Crippen LogP) is 14.1. The van der Waals surface area contributed by atoms with Crippen molar-refractivity contribution in [3.8, 4) is 45.3 Å². The van der Waals surface area contributed by atoms with Gasteiger partial charge in [0.25, 0.3) is 0 Å². The van der Waals surface area contributed by atoms with Gasteiger partial charge in [-0.1, -0.05) is 97.1 Å². The number of aromatic nitrogens is 3. The van der Waals surface area contributed by atoms with E-state index in [-0.39, 0.29) is 0 Å². The summed E-state index contributed by atoms with van der Waals surface area (Å²) in [5.74, 6) is 1.63. The number of hydrogen-bond acceptors (Lipinski definition) is 7. The lowest BCUT2D eigenvalue weighted by Gasteiger charge is -2.10. The van der Waals surface area contributed by atoms with Crippen molar-refractivity contribution < 1.29 is 17.7 Å². The largest absolute Gasteiger partial charge is 0.456 e. The maximum Gasteiger partial charge on any atom is 0.164 e. The Labute approximate surface area is 328 Å². The van der Waals surface area contributed by atoms with E-state index in [0.29, 0.717) is 17.5 Å². The summed E-state index contributed by atoms with van der Waals surface area (Å²) in [5.41, 5.74) is 11.1. The quantitative estimate of drug-likeness (QED) is 0.177. The van der Waals surface area contributed by atoms with Gasteiger partial charge in [-0.2, -0.15) is 0 Å². The van der Waals surface area contributed by atoms with Crippen molar-refractivity contribution in [3.05, 3.63) is 164 Å². The lowest BCUT2D eigenvalue weighted by Crippen LogP contribution is -2.00. The minimum absolute atomic E-state index is 0.532. The van der Waals surface area contributed by atoms with Gasteiger partial charge in [-0.05, 0) is 77.9 Å². The third-order valence-electron chi connectivity index (χ3n) is 11.3. The van der Waals surface area contributed by atoms with Gasteiger partial charge in [0.15, 0.2) is 17.5 Å². The fourth-order valence-corrected chi connectivity index (χ4v) is 8.50. The maximum atomic E-state index is 6.53. The average Bonchev–Trinajstić information content (AvgIpc) is 4.04. The molecule has 0 N–H and O–H groups in total. The molecule has 58 heavy (non-hydrogen) atoms. The highest BCUT2D eigenvalue weighted by molar-refractivity contribution is 6.16. The zero-order chi connectivity index (χ0) is 37.9. The molecule has 0 aliphatic carbocycles. The Morgan fingerprint density at radius 2 is 0.586 bits per heavy atom. The van der Waals surface area contributed by atoms with Crippen LogP contribution < -0.4 is 0 Å². The van der Waals surface area contributed by atoms with Crippen LogP contribution in [0.25, 0.3) is 133 Å². The van der Waals surface area contributed by atoms with Crippen LogP contribution in [0.1, 0.15) is 0 Å².